The van der Waals surface area contributed by atoms with E-state index in [1.54, 1.807) is 0 Å². The van der Waals surface area contributed by atoms with Crippen LogP contribution in [0, 0.1) is 23.7 Å². The van der Waals surface area contributed by atoms with Crippen molar-refractivity contribution in [1.82, 2.24) is 31.3 Å². The van der Waals surface area contributed by atoms with E-state index >= 15 is 0 Å². The van der Waals surface area contributed by atoms with Gasteiger partial charge in [0.15, 0.2) is 0 Å². The molecule has 0 spiro atoms. The molecule has 10 heteroatoms. The Morgan fingerprint density at radius 3 is 2.50 bits per heavy atom. The van der Waals surface area contributed by atoms with Crippen LogP contribution in [-0.4, -0.2) is 85.6 Å². The lowest BCUT2D eigenvalue weighted by Crippen LogP contribution is -2.73. The molecular formula is C26H43F3N6O. The molecule has 5 fully saturated rings. The van der Waals surface area contributed by atoms with Crippen LogP contribution in [-0.2, 0) is 4.79 Å². The van der Waals surface area contributed by atoms with Crippen LogP contribution < -0.4 is 21.4 Å². The molecule has 0 aromatic heterocycles. The molecule has 4 N–H and O–H groups in total. The number of nitrogens with zero attached hydrogens (tertiary/aromatic N) is 2. The number of hydrazine groups is 1. The number of carbonyl (C=O) groups excluding carboxylic acids is 1. The van der Waals surface area contributed by atoms with Crippen LogP contribution in [0.4, 0.5) is 13.2 Å². The smallest absolute Gasteiger partial charge is 0.338 e. The number of piperidine rings is 2. The predicted molar refractivity (Wildman–Crippen MR) is 133 cm³/mol. The second-order valence-electron chi connectivity index (χ2n) is 11.7. The van der Waals surface area contributed by atoms with Gasteiger partial charge in [-0.3, -0.25) is 20.9 Å². The molecule has 4 heterocycles. The fraction of sp³-hybridized carbons (Fsp3) is 0.885. The molecule has 0 aromatic rings. The van der Waals surface area contributed by atoms with E-state index in [9.17, 15) is 18.0 Å². The second-order valence-corrected chi connectivity index (χ2v) is 11.7. The quantitative estimate of drug-likeness (QED) is 0.424. The fourth-order valence-electron chi connectivity index (χ4n) is 7.44. The van der Waals surface area contributed by atoms with E-state index in [-0.39, 0.29) is 42.9 Å². The molecule has 4 saturated heterocycles. The van der Waals surface area contributed by atoms with E-state index in [1.165, 1.54) is 18.9 Å². The third kappa shape index (κ3) is 5.93. The standard InChI is InChI=1S/C26H43F3N6O/c1-2-23(36)34-12-9-20-22(16-34)31-25(18-5-7-19(8-6-18)26(27,28)29)32-24(20)21-10-13-35(33-21)15-17-4-3-11-30-14-17/h2,17-22,24-25,30-33H,1,3-16H2. The van der Waals surface area contributed by atoms with Crippen LogP contribution in [0.2, 0.25) is 0 Å². The monoisotopic (exact) mass is 512 g/mol. The zero-order valence-electron chi connectivity index (χ0n) is 21.2. The van der Waals surface area contributed by atoms with Crippen molar-refractivity contribution in [1.29, 1.82) is 0 Å². The lowest BCUT2D eigenvalue weighted by Gasteiger charge is -2.52. The molecule has 0 radical (unpaired) electrons. The first-order valence-corrected chi connectivity index (χ1v) is 14.0. The number of hydrogen-bond donors (Lipinski definition) is 4. The molecule has 1 amide bonds. The van der Waals surface area contributed by atoms with Crippen LogP contribution in [0.25, 0.3) is 0 Å². The molecule has 6 unspecified atom stereocenters. The minimum absolute atomic E-state index is 0.0254. The zero-order valence-corrected chi connectivity index (χ0v) is 21.2. The van der Waals surface area contributed by atoms with Gasteiger partial charge in [-0.05, 0) is 88.3 Å². The molecule has 5 rings (SSSR count). The van der Waals surface area contributed by atoms with Crippen molar-refractivity contribution in [2.75, 3.05) is 39.3 Å². The van der Waals surface area contributed by atoms with Crippen molar-refractivity contribution in [3.05, 3.63) is 12.7 Å². The maximum Gasteiger partial charge on any atom is 0.391 e. The lowest BCUT2D eigenvalue weighted by atomic mass is 9.75. The molecule has 4 aliphatic heterocycles. The molecule has 1 aliphatic carbocycles. The summed E-state index contributed by atoms with van der Waals surface area (Å²) < 4.78 is 39.8. The van der Waals surface area contributed by atoms with Crippen LogP contribution in [0.15, 0.2) is 12.7 Å². The van der Waals surface area contributed by atoms with E-state index in [1.807, 2.05) is 4.90 Å². The van der Waals surface area contributed by atoms with Gasteiger partial charge in [-0.15, -0.1) is 0 Å². The number of carbonyl (C=O) groups is 1. The number of halogens is 3. The Kier molecular flexibility index (Phi) is 8.27. The number of likely N-dealkylation sites (tertiary alicyclic amines) is 1. The van der Waals surface area contributed by atoms with Gasteiger partial charge < -0.3 is 10.2 Å². The first kappa shape index (κ1) is 26.4. The second kappa shape index (κ2) is 11.3. The molecule has 204 valence electrons. The first-order chi connectivity index (χ1) is 17.3. The van der Waals surface area contributed by atoms with Gasteiger partial charge in [-0.25, -0.2) is 5.01 Å². The van der Waals surface area contributed by atoms with Crippen molar-refractivity contribution in [2.24, 2.45) is 23.7 Å². The van der Waals surface area contributed by atoms with E-state index < -0.39 is 12.1 Å². The molecular weight excluding hydrogens is 469 g/mol. The number of alkyl halides is 3. The van der Waals surface area contributed by atoms with Crippen molar-refractivity contribution >= 4 is 5.91 Å². The minimum atomic E-state index is -4.09. The summed E-state index contributed by atoms with van der Waals surface area (Å²) in [5, 5.41) is 13.5. The highest BCUT2D eigenvalue weighted by Crippen LogP contribution is 2.41. The zero-order chi connectivity index (χ0) is 25.3. The maximum atomic E-state index is 13.3. The normalized spacial score (nSPS) is 40.6. The van der Waals surface area contributed by atoms with Crippen LogP contribution in [0.5, 0.6) is 0 Å². The number of fused-ring (bicyclic) bond motifs is 1. The van der Waals surface area contributed by atoms with Crippen LogP contribution in [0.1, 0.15) is 51.4 Å². The minimum Gasteiger partial charge on any atom is -0.338 e. The lowest BCUT2D eigenvalue weighted by molar-refractivity contribution is -0.185. The van der Waals surface area contributed by atoms with E-state index in [2.05, 4.69) is 33.0 Å². The summed E-state index contributed by atoms with van der Waals surface area (Å²) in [6.07, 6.45) is 3.30. The largest absolute Gasteiger partial charge is 0.391 e. The summed E-state index contributed by atoms with van der Waals surface area (Å²) in [6, 6.07) is 0.668. The van der Waals surface area contributed by atoms with Crippen molar-refractivity contribution in [3.8, 4) is 0 Å². The Morgan fingerprint density at radius 2 is 1.81 bits per heavy atom. The van der Waals surface area contributed by atoms with Gasteiger partial charge in [0, 0.05) is 44.3 Å². The SMILES string of the molecule is C=CC(=O)N1CCC2C(C1)NC(C1CCC(C(F)(F)F)CC1)NC2C1CCN(CC2CCCNC2)N1. The number of amides is 1. The summed E-state index contributed by atoms with van der Waals surface area (Å²) in [4.78, 5) is 14.2. The summed E-state index contributed by atoms with van der Waals surface area (Å²) in [6.45, 7) is 9.27. The molecule has 1 saturated carbocycles. The maximum absolute atomic E-state index is 13.3. The van der Waals surface area contributed by atoms with Gasteiger partial charge in [0.1, 0.15) is 0 Å². The first-order valence-electron chi connectivity index (χ1n) is 14.0. The summed E-state index contributed by atoms with van der Waals surface area (Å²) in [5.41, 5.74) is 3.81. The molecule has 0 aromatic carbocycles. The predicted octanol–water partition coefficient (Wildman–Crippen LogP) is 2.22. The van der Waals surface area contributed by atoms with Gasteiger partial charge in [-0.2, -0.15) is 13.2 Å². The van der Waals surface area contributed by atoms with Crippen LogP contribution >= 0.6 is 0 Å². The Balaban J connectivity index is 1.25. The number of hydrogen-bond acceptors (Lipinski definition) is 6. The third-order valence-electron chi connectivity index (χ3n) is 9.46. The van der Waals surface area contributed by atoms with Crippen molar-refractivity contribution < 1.29 is 18.0 Å². The Hall–Kier alpha value is -1.20. The fourth-order valence-corrected chi connectivity index (χ4v) is 7.44. The summed E-state index contributed by atoms with van der Waals surface area (Å²) >= 11 is 0. The molecule has 0 bridgehead atoms. The Morgan fingerprint density at radius 1 is 1.00 bits per heavy atom. The van der Waals surface area contributed by atoms with E-state index in [0.717, 1.165) is 45.6 Å². The average Bonchev–Trinajstić information content (AvgIpc) is 3.35. The Labute approximate surface area is 212 Å². The topological polar surface area (TPSA) is 71.7 Å². The van der Waals surface area contributed by atoms with Gasteiger partial charge >= 0.3 is 6.18 Å². The molecule has 36 heavy (non-hydrogen) atoms. The van der Waals surface area contributed by atoms with E-state index in [4.69, 9.17) is 0 Å². The van der Waals surface area contributed by atoms with Gasteiger partial charge in [0.05, 0.1) is 12.1 Å². The average molecular weight is 513 g/mol. The van der Waals surface area contributed by atoms with E-state index in [0.29, 0.717) is 37.3 Å². The van der Waals surface area contributed by atoms with Crippen molar-refractivity contribution in [2.45, 2.75) is 81.8 Å². The third-order valence-corrected chi connectivity index (χ3v) is 9.46. The number of nitrogens with one attached hydrogen (secondary N) is 4. The molecule has 7 nitrogen and oxygen atoms in total. The van der Waals surface area contributed by atoms with Crippen LogP contribution in [0.3, 0.4) is 0 Å². The van der Waals surface area contributed by atoms with Crippen molar-refractivity contribution in [3.63, 3.8) is 0 Å². The van der Waals surface area contributed by atoms with Gasteiger partial charge in [-0.1, -0.05) is 6.58 Å². The highest BCUT2D eigenvalue weighted by Gasteiger charge is 2.48. The highest BCUT2D eigenvalue weighted by molar-refractivity contribution is 5.87. The summed E-state index contributed by atoms with van der Waals surface area (Å²) in [5.74, 6) is -0.00309. The highest BCUT2D eigenvalue weighted by atomic mass is 19.4. The Bertz CT molecular complexity index is 767. The van der Waals surface area contributed by atoms with Gasteiger partial charge in [0.2, 0.25) is 5.91 Å². The van der Waals surface area contributed by atoms with Gasteiger partial charge in [0.25, 0.3) is 0 Å². The molecule has 5 aliphatic rings. The summed E-state index contributed by atoms with van der Waals surface area (Å²) in [7, 11) is 0. The number of rotatable bonds is 5. The molecule has 6 atom stereocenters.